The second kappa shape index (κ2) is 6.40. The van der Waals surface area contributed by atoms with Crippen LogP contribution in [0.4, 0.5) is 0 Å². The van der Waals surface area contributed by atoms with Gasteiger partial charge in [-0.1, -0.05) is 26.7 Å². The van der Waals surface area contributed by atoms with E-state index >= 15 is 0 Å². The number of piperazine rings is 1. The van der Waals surface area contributed by atoms with E-state index in [1.54, 1.807) is 0 Å². The molecule has 108 valence electrons. The van der Waals surface area contributed by atoms with E-state index in [4.69, 9.17) is 0 Å². The summed E-state index contributed by atoms with van der Waals surface area (Å²) in [5, 5.41) is 0. The zero-order valence-electron chi connectivity index (χ0n) is 12.2. The van der Waals surface area contributed by atoms with Crippen molar-refractivity contribution in [1.29, 1.82) is 0 Å². The van der Waals surface area contributed by atoms with E-state index in [2.05, 4.69) is 6.92 Å². The number of piperidine rings is 1. The van der Waals surface area contributed by atoms with Crippen molar-refractivity contribution in [3.63, 3.8) is 0 Å². The molecular formula is C15H26N2O2. The molecule has 2 heterocycles. The first-order valence-electron chi connectivity index (χ1n) is 7.81. The van der Waals surface area contributed by atoms with Gasteiger partial charge in [-0.05, 0) is 32.1 Å². The highest BCUT2D eigenvalue weighted by Crippen LogP contribution is 2.27. The van der Waals surface area contributed by atoms with E-state index in [9.17, 15) is 9.59 Å². The number of carbonyl (C=O) groups excluding carboxylic acids is 2. The number of unbranched alkanes of at least 4 members (excludes halogenated alkanes) is 2. The van der Waals surface area contributed by atoms with Crippen LogP contribution in [0.25, 0.3) is 0 Å². The van der Waals surface area contributed by atoms with Gasteiger partial charge in [0.25, 0.3) is 0 Å². The molecule has 2 rings (SSSR count). The summed E-state index contributed by atoms with van der Waals surface area (Å²) < 4.78 is 0. The monoisotopic (exact) mass is 266 g/mol. The lowest BCUT2D eigenvalue weighted by Gasteiger charge is -2.47. The number of fused-ring (bicyclic) bond motifs is 1. The first kappa shape index (κ1) is 14.4. The average Bonchev–Trinajstić information content (AvgIpc) is 2.44. The van der Waals surface area contributed by atoms with Gasteiger partial charge in [-0.15, -0.1) is 0 Å². The third kappa shape index (κ3) is 2.77. The Morgan fingerprint density at radius 3 is 2.58 bits per heavy atom. The van der Waals surface area contributed by atoms with Crippen LogP contribution in [0.2, 0.25) is 0 Å². The second-order valence-corrected chi connectivity index (χ2v) is 5.71. The highest BCUT2D eigenvalue weighted by molar-refractivity contribution is 5.97. The minimum atomic E-state index is -0.210. The Bertz CT molecular complexity index is 343. The standard InChI is InChI=1S/C15H26N2O2/c1-3-5-7-10-16-12(4-2)14(18)17-11-8-6-9-13(17)15(16)19/h12-13H,3-11H2,1-2H3. The van der Waals surface area contributed by atoms with Gasteiger partial charge in [-0.25, -0.2) is 0 Å². The third-order valence-electron chi connectivity index (χ3n) is 4.40. The Hall–Kier alpha value is -1.06. The van der Waals surface area contributed by atoms with Crippen molar-refractivity contribution in [2.75, 3.05) is 13.1 Å². The smallest absolute Gasteiger partial charge is 0.246 e. The molecule has 2 aliphatic rings. The summed E-state index contributed by atoms with van der Waals surface area (Å²) >= 11 is 0. The highest BCUT2D eigenvalue weighted by atomic mass is 16.2. The lowest BCUT2D eigenvalue weighted by Crippen LogP contribution is -2.65. The molecule has 0 aromatic rings. The molecule has 2 saturated heterocycles. The summed E-state index contributed by atoms with van der Waals surface area (Å²) in [6.45, 7) is 5.69. The van der Waals surface area contributed by atoms with Crippen LogP contribution in [0.3, 0.4) is 0 Å². The summed E-state index contributed by atoms with van der Waals surface area (Å²) in [5.74, 6) is 0.380. The molecule has 0 radical (unpaired) electrons. The first-order chi connectivity index (χ1) is 9.20. The number of rotatable bonds is 5. The quantitative estimate of drug-likeness (QED) is 0.716. The Labute approximate surface area is 116 Å². The highest BCUT2D eigenvalue weighted by Gasteiger charge is 2.45. The van der Waals surface area contributed by atoms with E-state index in [0.29, 0.717) is 0 Å². The van der Waals surface area contributed by atoms with Crippen molar-refractivity contribution < 1.29 is 9.59 Å². The number of amides is 2. The molecule has 0 saturated carbocycles. The molecule has 19 heavy (non-hydrogen) atoms. The lowest BCUT2D eigenvalue weighted by atomic mass is 9.94. The number of nitrogens with zero attached hydrogens (tertiary/aromatic N) is 2. The molecule has 4 heteroatoms. The van der Waals surface area contributed by atoms with Gasteiger partial charge in [0.05, 0.1) is 0 Å². The molecule has 4 nitrogen and oxygen atoms in total. The Morgan fingerprint density at radius 2 is 1.89 bits per heavy atom. The lowest BCUT2D eigenvalue weighted by molar-refractivity contribution is -0.164. The zero-order chi connectivity index (χ0) is 13.8. The van der Waals surface area contributed by atoms with Crippen molar-refractivity contribution in [1.82, 2.24) is 9.80 Å². The molecule has 0 aromatic heterocycles. The minimum absolute atomic E-state index is 0.161. The minimum Gasteiger partial charge on any atom is -0.329 e. The van der Waals surface area contributed by atoms with E-state index in [0.717, 1.165) is 58.0 Å². The predicted molar refractivity (Wildman–Crippen MR) is 74.7 cm³/mol. The molecule has 0 N–H and O–H groups in total. The normalized spacial score (nSPS) is 27.7. The van der Waals surface area contributed by atoms with Crippen molar-refractivity contribution in [2.24, 2.45) is 0 Å². The molecule has 0 bridgehead atoms. The second-order valence-electron chi connectivity index (χ2n) is 5.71. The van der Waals surface area contributed by atoms with Crippen LogP contribution in [-0.2, 0) is 9.59 Å². The van der Waals surface area contributed by atoms with Crippen molar-refractivity contribution in [2.45, 2.75) is 70.9 Å². The molecule has 0 spiro atoms. The Morgan fingerprint density at radius 1 is 1.11 bits per heavy atom. The molecule has 2 fully saturated rings. The van der Waals surface area contributed by atoms with E-state index < -0.39 is 0 Å². The summed E-state index contributed by atoms with van der Waals surface area (Å²) in [6.07, 6.45) is 6.98. The third-order valence-corrected chi connectivity index (χ3v) is 4.40. The van der Waals surface area contributed by atoms with Crippen molar-refractivity contribution in [3.05, 3.63) is 0 Å². The van der Waals surface area contributed by atoms with Gasteiger partial charge in [-0.2, -0.15) is 0 Å². The fraction of sp³-hybridized carbons (Fsp3) is 0.867. The van der Waals surface area contributed by atoms with Crippen LogP contribution in [0.15, 0.2) is 0 Å². The molecule has 0 aliphatic carbocycles. The van der Waals surface area contributed by atoms with Gasteiger partial charge >= 0.3 is 0 Å². The van der Waals surface area contributed by atoms with Gasteiger partial charge in [0.1, 0.15) is 12.1 Å². The van der Waals surface area contributed by atoms with Crippen molar-refractivity contribution >= 4 is 11.8 Å². The summed E-state index contributed by atoms with van der Waals surface area (Å²) in [6, 6.07) is -0.371. The predicted octanol–water partition coefficient (Wildman–Crippen LogP) is 2.18. The Kier molecular flexibility index (Phi) is 4.83. The van der Waals surface area contributed by atoms with E-state index in [1.807, 2.05) is 16.7 Å². The van der Waals surface area contributed by atoms with Crippen LogP contribution in [0, 0.1) is 0 Å². The summed E-state index contributed by atoms with van der Waals surface area (Å²) in [7, 11) is 0. The zero-order valence-corrected chi connectivity index (χ0v) is 12.2. The Balaban J connectivity index is 2.11. The van der Waals surface area contributed by atoms with Crippen molar-refractivity contribution in [3.8, 4) is 0 Å². The largest absolute Gasteiger partial charge is 0.329 e. The molecule has 2 atom stereocenters. The van der Waals surface area contributed by atoms with Gasteiger partial charge < -0.3 is 9.80 Å². The first-order valence-corrected chi connectivity index (χ1v) is 7.81. The maximum Gasteiger partial charge on any atom is 0.246 e. The fourth-order valence-corrected chi connectivity index (χ4v) is 3.31. The molecule has 0 aromatic carbocycles. The fourth-order valence-electron chi connectivity index (χ4n) is 3.31. The molecular weight excluding hydrogens is 240 g/mol. The maximum absolute atomic E-state index is 12.6. The number of hydrogen-bond donors (Lipinski definition) is 0. The number of carbonyl (C=O) groups is 2. The van der Waals surface area contributed by atoms with Gasteiger partial charge in [-0.3, -0.25) is 9.59 Å². The summed E-state index contributed by atoms with van der Waals surface area (Å²) in [4.78, 5) is 28.8. The van der Waals surface area contributed by atoms with Crippen LogP contribution >= 0.6 is 0 Å². The van der Waals surface area contributed by atoms with E-state index in [1.165, 1.54) is 0 Å². The molecule has 2 unspecified atom stereocenters. The van der Waals surface area contributed by atoms with E-state index in [-0.39, 0.29) is 23.9 Å². The van der Waals surface area contributed by atoms with Crippen LogP contribution in [-0.4, -0.2) is 46.8 Å². The average molecular weight is 266 g/mol. The number of hydrogen-bond acceptors (Lipinski definition) is 2. The summed E-state index contributed by atoms with van der Waals surface area (Å²) in [5.41, 5.74) is 0. The van der Waals surface area contributed by atoms with Crippen LogP contribution in [0.1, 0.15) is 58.8 Å². The van der Waals surface area contributed by atoms with Gasteiger partial charge in [0.15, 0.2) is 0 Å². The SMILES string of the molecule is CCCCCN1C(=O)C2CCCCN2C(=O)C1CC. The van der Waals surface area contributed by atoms with Gasteiger partial charge in [0, 0.05) is 13.1 Å². The molecule has 2 aliphatic heterocycles. The maximum atomic E-state index is 12.6. The topological polar surface area (TPSA) is 40.6 Å². The van der Waals surface area contributed by atoms with Crippen LogP contribution < -0.4 is 0 Å². The molecule has 2 amide bonds. The van der Waals surface area contributed by atoms with Crippen LogP contribution in [0.5, 0.6) is 0 Å². The van der Waals surface area contributed by atoms with Gasteiger partial charge in [0.2, 0.25) is 11.8 Å².